The van der Waals surface area contributed by atoms with Crippen LogP contribution in [0.3, 0.4) is 0 Å². The predicted octanol–water partition coefficient (Wildman–Crippen LogP) is 3.40. The molecule has 2 heterocycles. The maximum Gasteiger partial charge on any atom is 0.259 e. The molecule has 0 amide bonds. The molecule has 1 N–H and O–H groups in total. The lowest BCUT2D eigenvalue weighted by Gasteiger charge is -2.03. The summed E-state index contributed by atoms with van der Waals surface area (Å²) in [7, 11) is 0. The quantitative estimate of drug-likeness (QED) is 0.741. The zero-order valence-corrected chi connectivity index (χ0v) is 11.9. The molecular weight excluding hydrogens is 330 g/mol. The highest BCUT2D eigenvalue weighted by molar-refractivity contribution is 9.10. The van der Waals surface area contributed by atoms with E-state index >= 15 is 0 Å². The number of hydrogen-bond donors (Lipinski definition) is 1. The molecule has 2 aromatic heterocycles. The number of nitrogens with zero attached hydrogens (tertiary/aromatic N) is 2. The normalized spacial score (nSPS) is 10.8. The molecule has 0 aliphatic rings. The van der Waals surface area contributed by atoms with Crippen LogP contribution in [0.5, 0.6) is 0 Å². The Hall–Kier alpha value is -1.72. The standard InChI is InChI=1S/C13H7BrClN3O/c14-8-3-7(5-16-6-8)12-17-11-2-1-9(15)4-10(11)13(19)18-12/h1-6H,(H,17,18,19). The lowest BCUT2D eigenvalue weighted by atomic mass is 10.2. The molecule has 4 nitrogen and oxygen atoms in total. The van der Waals surface area contributed by atoms with E-state index in [4.69, 9.17) is 11.6 Å². The third-order valence-corrected chi connectivity index (χ3v) is 3.31. The largest absolute Gasteiger partial charge is 0.306 e. The van der Waals surface area contributed by atoms with Gasteiger partial charge < -0.3 is 4.98 Å². The Morgan fingerprint density at radius 2 is 2.05 bits per heavy atom. The average Bonchev–Trinajstić information content (AvgIpc) is 2.39. The van der Waals surface area contributed by atoms with E-state index < -0.39 is 0 Å². The highest BCUT2D eigenvalue weighted by Crippen LogP contribution is 2.20. The number of H-pyrrole nitrogens is 1. The second-order valence-corrected chi connectivity index (χ2v) is 5.32. The Kier molecular flexibility index (Phi) is 3.08. The highest BCUT2D eigenvalue weighted by Gasteiger charge is 2.07. The van der Waals surface area contributed by atoms with Crippen molar-refractivity contribution in [2.45, 2.75) is 0 Å². The summed E-state index contributed by atoms with van der Waals surface area (Å²) < 4.78 is 0.823. The van der Waals surface area contributed by atoms with Crippen LogP contribution in [0.4, 0.5) is 0 Å². The Balaban J connectivity index is 2.27. The molecule has 6 heteroatoms. The fourth-order valence-electron chi connectivity index (χ4n) is 1.79. The summed E-state index contributed by atoms with van der Waals surface area (Å²) in [4.78, 5) is 23.2. The van der Waals surface area contributed by atoms with Gasteiger partial charge in [0.25, 0.3) is 5.56 Å². The maximum atomic E-state index is 12.0. The predicted molar refractivity (Wildman–Crippen MR) is 78.3 cm³/mol. The van der Waals surface area contributed by atoms with Gasteiger partial charge in [0.1, 0.15) is 5.82 Å². The van der Waals surface area contributed by atoms with Gasteiger partial charge in [0, 0.05) is 27.5 Å². The summed E-state index contributed by atoms with van der Waals surface area (Å²) in [6, 6.07) is 6.87. The Morgan fingerprint density at radius 1 is 1.21 bits per heavy atom. The van der Waals surface area contributed by atoms with E-state index in [9.17, 15) is 4.79 Å². The summed E-state index contributed by atoms with van der Waals surface area (Å²) in [5.74, 6) is 0.480. The van der Waals surface area contributed by atoms with Crippen LogP contribution in [-0.4, -0.2) is 15.0 Å². The van der Waals surface area contributed by atoms with Crippen molar-refractivity contribution in [1.29, 1.82) is 0 Å². The number of rotatable bonds is 1. The first-order chi connectivity index (χ1) is 9.13. The van der Waals surface area contributed by atoms with Crippen LogP contribution >= 0.6 is 27.5 Å². The number of nitrogens with one attached hydrogen (secondary N) is 1. The minimum atomic E-state index is -0.220. The van der Waals surface area contributed by atoms with Gasteiger partial charge in [0.05, 0.1) is 10.9 Å². The molecule has 0 aliphatic carbocycles. The van der Waals surface area contributed by atoms with Crippen molar-refractivity contribution in [3.05, 3.63) is 56.5 Å². The first-order valence-corrected chi connectivity index (χ1v) is 6.61. The van der Waals surface area contributed by atoms with Crippen LogP contribution in [0, 0.1) is 0 Å². The minimum absolute atomic E-state index is 0.220. The Labute approximate surface area is 121 Å². The lowest BCUT2D eigenvalue weighted by Crippen LogP contribution is -2.09. The second kappa shape index (κ2) is 4.75. The molecule has 0 bridgehead atoms. The number of halogens is 2. The van der Waals surface area contributed by atoms with Gasteiger partial charge in [-0.3, -0.25) is 9.78 Å². The molecule has 3 aromatic rings. The molecule has 3 rings (SSSR count). The number of benzene rings is 1. The summed E-state index contributed by atoms with van der Waals surface area (Å²) in [6.45, 7) is 0. The molecule has 94 valence electrons. The van der Waals surface area contributed by atoms with E-state index in [0.717, 1.165) is 10.0 Å². The van der Waals surface area contributed by atoms with Gasteiger partial charge in [-0.25, -0.2) is 4.98 Å². The van der Waals surface area contributed by atoms with Crippen molar-refractivity contribution < 1.29 is 0 Å². The molecule has 0 fully saturated rings. The third kappa shape index (κ3) is 2.39. The monoisotopic (exact) mass is 335 g/mol. The molecule has 0 unspecified atom stereocenters. The SMILES string of the molecule is O=c1[nH]c(-c2cncc(Br)c2)nc2ccc(Cl)cc12. The molecule has 0 aliphatic heterocycles. The Morgan fingerprint density at radius 3 is 2.84 bits per heavy atom. The van der Waals surface area contributed by atoms with Crippen LogP contribution in [-0.2, 0) is 0 Å². The Bertz CT molecular complexity index is 831. The molecule has 19 heavy (non-hydrogen) atoms. The van der Waals surface area contributed by atoms with Crippen LogP contribution in [0.2, 0.25) is 5.02 Å². The van der Waals surface area contributed by atoms with Crippen molar-refractivity contribution in [1.82, 2.24) is 15.0 Å². The minimum Gasteiger partial charge on any atom is -0.306 e. The first-order valence-electron chi connectivity index (χ1n) is 5.44. The molecule has 0 radical (unpaired) electrons. The van der Waals surface area contributed by atoms with Gasteiger partial charge >= 0.3 is 0 Å². The van der Waals surface area contributed by atoms with Crippen molar-refractivity contribution in [3.63, 3.8) is 0 Å². The van der Waals surface area contributed by atoms with Crippen molar-refractivity contribution >= 4 is 38.4 Å². The van der Waals surface area contributed by atoms with Crippen molar-refractivity contribution in [2.24, 2.45) is 0 Å². The number of aromatic nitrogens is 3. The molecule has 0 saturated heterocycles. The second-order valence-electron chi connectivity index (χ2n) is 3.97. The summed E-state index contributed by atoms with van der Waals surface area (Å²) >= 11 is 9.21. The average molecular weight is 337 g/mol. The van der Waals surface area contributed by atoms with Gasteiger partial charge in [0.15, 0.2) is 0 Å². The van der Waals surface area contributed by atoms with E-state index in [2.05, 4.69) is 30.9 Å². The maximum absolute atomic E-state index is 12.0. The number of fused-ring (bicyclic) bond motifs is 1. The van der Waals surface area contributed by atoms with E-state index in [-0.39, 0.29) is 5.56 Å². The van der Waals surface area contributed by atoms with Crippen LogP contribution in [0.15, 0.2) is 45.9 Å². The zero-order chi connectivity index (χ0) is 13.4. The van der Waals surface area contributed by atoms with Crippen molar-refractivity contribution in [2.75, 3.05) is 0 Å². The molecular formula is C13H7BrClN3O. The fourth-order valence-corrected chi connectivity index (χ4v) is 2.33. The van der Waals surface area contributed by atoms with Gasteiger partial charge in [-0.05, 0) is 40.2 Å². The van der Waals surface area contributed by atoms with Gasteiger partial charge in [-0.1, -0.05) is 11.6 Å². The molecule has 0 saturated carbocycles. The van der Waals surface area contributed by atoms with Crippen LogP contribution in [0.25, 0.3) is 22.3 Å². The van der Waals surface area contributed by atoms with Gasteiger partial charge in [-0.2, -0.15) is 0 Å². The van der Waals surface area contributed by atoms with E-state index in [1.54, 1.807) is 30.6 Å². The van der Waals surface area contributed by atoms with Crippen molar-refractivity contribution in [3.8, 4) is 11.4 Å². The molecule has 1 aromatic carbocycles. The summed E-state index contributed by atoms with van der Waals surface area (Å²) in [5, 5.41) is 0.982. The van der Waals surface area contributed by atoms with Gasteiger partial charge in [-0.15, -0.1) is 0 Å². The number of aromatic amines is 1. The topological polar surface area (TPSA) is 58.6 Å². The van der Waals surface area contributed by atoms with E-state index in [0.29, 0.717) is 21.7 Å². The summed E-state index contributed by atoms with van der Waals surface area (Å²) in [6.07, 6.45) is 3.31. The van der Waals surface area contributed by atoms with E-state index in [1.165, 1.54) is 0 Å². The number of pyridine rings is 1. The molecule has 0 spiro atoms. The lowest BCUT2D eigenvalue weighted by molar-refractivity contribution is 1.16. The fraction of sp³-hybridized carbons (Fsp3) is 0. The van der Waals surface area contributed by atoms with Crippen LogP contribution < -0.4 is 5.56 Å². The molecule has 0 atom stereocenters. The van der Waals surface area contributed by atoms with Crippen LogP contribution in [0.1, 0.15) is 0 Å². The smallest absolute Gasteiger partial charge is 0.259 e. The third-order valence-electron chi connectivity index (χ3n) is 2.65. The number of hydrogen-bond acceptors (Lipinski definition) is 3. The van der Waals surface area contributed by atoms with Gasteiger partial charge in [0.2, 0.25) is 0 Å². The highest BCUT2D eigenvalue weighted by atomic mass is 79.9. The van der Waals surface area contributed by atoms with E-state index in [1.807, 2.05) is 6.07 Å². The summed E-state index contributed by atoms with van der Waals surface area (Å²) in [5.41, 5.74) is 1.12. The zero-order valence-electron chi connectivity index (χ0n) is 9.52. The first kappa shape index (κ1) is 12.3.